The molecule has 0 bridgehead atoms. The summed E-state index contributed by atoms with van der Waals surface area (Å²) in [4.78, 5) is 2.56. The predicted molar refractivity (Wildman–Crippen MR) is 88.4 cm³/mol. The van der Waals surface area contributed by atoms with Crippen LogP contribution in [0.5, 0.6) is 0 Å². The highest BCUT2D eigenvalue weighted by atomic mass is 16.3. The summed E-state index contributed by atoms with van der Waals surface area (Å²) in [5, 5.41) is 12.9. The third kappa shape index (κ3) is 4.80. The zero-order valence-electron chi connectivity index (χ0n) is 13.6. The summed E-state index contributed by atoms with van der Waals surface area (Å²) in [5.41, 5.74) is 2.91. The quantitative estimate of drug-likeness (QED) is 0.722. The van der Waals surface area contributed by atoms with E-state index in [-0.39, 0.29) is 12.1 Å². The number of aliphatic hydroxyl groups excluding tert-OH is 1. The van der Waals surface area contributed by atoms with E-state index in [1.165, 1.54) is 43.5 Å². The third-order valence-corrected chi connectivity index (χ3v) is 4.62. The molecule has 0 aliphatic carbocycles. The highest BCUT2D eigenvalue weighted by molar-refractivity contribution is 5.28. The van der Waals surface area contributed by atoms with Crippen molar-refractivity contribution >= 4 is 0 Å². The standard InChI is InChI=1S/C18H30N2O/c1-3-19-18(2,15-21)11-6-7-12-20-13-10-16-8-4-5-9-17(16)14-20/h4-5,8-9,19,21H,3,6-7,10-15H2,1-2H3. The van der Waals surface area contributed by atoms with Gasteiger partial charge in [0.05, 0.1) is 6.61 Å². The molecule has 1 aromatic rings. The van der Waals surface area contributed by atoms with Crippen molar-refractivity contribution in [2.45, 2.75) is 51.6 Å². The molecular weight excluding hydrogens is 260 g/mol. The Kier molecular flexibility index (Phi) is 6.22. The van der Waals surface area contributed by atoms with Crippen LogP contribution in [-0.2, 0) is 13.0 Å². The minimum atomic E-state index is -0.108. The van der Waals surface area contributed by atoms with Crippen molar-refractivity contribution in [3.8, 4) is 0 Å². The third-order valence-electron chi connectivity index (χ3n) is 4.62. The summed E-state index contributed by atoms with van der Waals surface area (Å²) in [6.07, 6.45) is 4.61. The van der Waals surface area contributed by atoms with E-state index in [9.17, 15) is 5.11 Å². The molecule has 0 saturated carbocycles. The van der Waals surface area contributed by atoms with Crippen LogP contribution < -0.4 is 5.32 Å². The Hall–Kier alpha value is -0.900. The van der Waals surface area contributed by atoms with Crippen LogP contribution in [0.2, 0.25) is 0 Å². The Balaban J connectivity index is 1.70. The number of hydrogen-bond donors (Lipinski definition) is 2. The lowest BCUT2D eigenvalue weighted by Gasteiger charge is -2.30. The van der Waals surface area contributed by atoms with E-state index in [0.717, 1.165) is 19.5 Å². The van der Waals surface area contributed by atoms with Crippen molar-refractivity contribution in [3.05, 3.63) is 35.4 Å². The number of likely N-dealkylation sites (N-methyl/N-ethyl adjacent to an activating group) is 1. The lowest BCUT2D eigenvalue weighted by Crippen LogP contribution is -2.45. The van der Waals surface area contributed by atoms with Crippen LogP contribution in [-0.4, -0.2) is 41.8 Å². The van der Waals surface area contributed by atoms with Crippen LogP contribution in [0, 0.1) is 0 Å². The SMILES string of the molecule is CCNC(C)(CO)CCCCN1CCc2ccccc2C1. The first kappa shape index (κ1) is 16.5. The summed E-state index contributed by atoms with van der Waals surface area (Å²) in [6, 6.07) is 8.81. The Morgan fingerprint density at radius 3 is 2.71 bits per heavy atom. The van der Waals surface area contributed by atoms with Gasteiger partial charge in [-0.25, -0.2) is 0 Å². The molecule has 1 aliphatic rings. The minimum absolute atomic E-state index is 0.108. The summed E-state index contributed by atoms with van der Waals surface area (Å²) >= 11 is 0. The normalized spacial score (nSPS) is 18.2. The van der Waals surface area contributed by atoms with Crippen molar-refractivity contribution < 1.29 is 5.11 Å². The van der Waals surface area contributed by atoms with Gasteiger partial charge in [0.2, 0.25) is 0 Å². The molecule has 0 amide bonds. The van der Waals surface area contributed by atoms with Crippen LogP contribution in [0.15, 0.2) is 24.3 Å². The maximum atomic E-state index is 9.50. The number of aliphatic hydroxyl groups is 1. The van der Waals surface area contributed by atoms with Crippen LogP contribution in [0.4, 0.5) is 0 Å². The van der Waals surface area contributed by atoms with Crippen molar-refractivity contribution in [3.63, 3.8) is 0 Å². The molecule has 2 N–H and O–H groups in total. The van der Waals surface area contributed by atoms with Gasteiger partial charge in [0, 0.05) is 18.6 Å². The van der Waals surface area contributed by atoms with E-state index in [0.29, 0.717) is 0 Å². The minimum Gasteiger partial charge on any atom is -0.394 e. The van der Waals surface area contributed by atoms with E-state index in [4.69, 9.17) is 0 Å². The summed E-state index contributed by atoms with van der Waals surface area (Å²) in [5.74, 6) is 0. The van der Waals surface area contributed by atoms with Crippen LogP contribution in [0.3, 0.4) is 0 Å². The summed E-state index contributed by atoms with van der Waals surface area (Å²) < 4.78 is 0. The highest BCUT2D eigenvalue weighted by Gasteiger charge is 2.21. The van der Waals surface area contributed by atoms with Crippen LogP contribution >= 0.6 is 0 Å². The summed E-state index contributed by atoms with van der Waals surface area (Å²) in [6.45, 7) is 8.80. The molecule has 118 valence electrons. The first-order chi connectivity index (χ1) is 10.2. The number of unbranched alkanes of at least 4 members (excludes halogenated alkanes) is 1. The number of nitrogens with one attached hydrogen (secondary N) is 1. The molecule has 3 nitrogen and oxygen atoms in total. The maximum absolute atomic E-state index is 9.50. The van der Waals surface area contributed by atoms with Gasteiger partial charge in [-0.2, -0.15) is 0 Å². The molecule has 1 atom stereocenters. The van der Waals surface area contributed by atoms with Gasteiger partial charge in [-0.1, -0.05) is 37.6 Å². The molecule has 0 saturated heterocycles. The van der Waals surface area contributed by atoms with Crippen molar-refractivity contribution in [2.75, 3.05) is 26.2 Å². The molecule has 1 heterocycles. The van der Waals surface area contributed by atoms with Crippen molar-refractivity contribution in [2.24, 2.45) is 0 Å². The van der Waals surface area contributed by atoms with Gasteiger partial charge < -0.3 is 10.4 Å². The van der Waals surface area contributed by atoms with Gasteiger partial charge in [-0.3, -0.25) is 4.90 Å². The van der Waals surface area contributed by atoms with Crippen LogP contribution in [0.25, 0.3) is 0 Å². The number of hydrogen-bond acceptors (Lipinski definition) is 3. The van der Waals surface area contributed by atoms with Gasteiger partial charge in [-0.15, -0.1) is 0 Å². The molecule has 1 aliphatic heterocycles. The Morgan fingerprint density at radius 1 is 1.24 bits per heavy atom. The lowest BCUT2D eigenvalue weighted by molar-refractivity contribution is 0.161. The molecule has 21 heavy (non-hydrogen) atoms. The highest BCUT2D eigenvalue weighted by Crippen LogP contribution is 2.19. The van der Waals surface area contributed by atoms with E-state index in [1.54, 1.807) is 0 Å². The Labute approximate surface area is 129 Å². The second-order valence-corrected chi connectivity index (χ2v) is 6.50. The van der Waals surface area contributed by atoms with Gasteiger partial charge in [0.1, 0.15) is 0 Å². The topological polar surface area (TPSA) is 35.5 Å². The molecule has 0 fully saturated rings. The number of nitrogens with zero attached hydrogens (tertiary/aromatic N) is 1. The van der Waals surface area contributed by atoms with E-state index in [2.05, 4.69) is 48.3 Å². The largest absolute Gasteiger partial charge is 0.394 e. The average Bonchev–Trinajstić information content (AvgIpc) is 2.52. The molecular formula is C18H30N2O. The number of benzene rings is 1. The van der Waals surface area contributed by atoms with Gasteiger partial charge >= 0.3 is 0 Å². The van der Waals surface area contributed by atoms with E-state index >= 15 is 0 Å². The van der Waals surface area contributed by atoms with Crippen LogP contribution in [0.1, 0.15) is 44.2 Å². The fourth-order valence-electron chi connectivity index (χ4n) is 3.25. The van der Waals surface area contributed by atoms with Crippen molar-refractivity contribution in [1.29, 1.82) is 0 Å². The monoisotopic (exact) mass is 290 g/mol. The average molecular weight is 290 g/mol. The molecule has 3 heteroatoms. The molecule has 1 aromatic carbocycles. The predicted octanol–water partition coefficient (Wildman–Crippen LogP) is 2.58. The number of fused-ring (bicyclic) bond motifs is 1. The van der Waals surface area contributed by atoms with E-state index < -0.39 is 0 Å². The van der Waals surface area contributed by atoms with Crippen molar-refractivity contribution in [1.82, 2.24) is 10.2 Å². The van der Waals surface area contributed by atoms with Gasteiger partial charge in [-0.05, 0) is 50.4 Å². The van der Waals surface area contributed by atoms with Gasteiger partial charge in [0.25, 0.3) is 0 Å². The first-order valence-corrected chi connectivity index (χ1v) is 8.32. The zero-order valence-corrected chi connectivity index (χ0v) is 13.6. The molecule has 2 rings (SSSR count). The Bertz CT molecular complexity index is 435. The fourth-order valence-corrected chi connectivity index (χ4v) is 3.25. The Morgan fingerprint density at radius 2 is 2.00 bits per heavy atom. The molecule has 1 unspecified atom stereocenters. The zero-order chi connectivity index (χ0) is 15.1. The molecule has 0 radical (unpaired) electrons. The second kappa shape index (κ2) is 7.92. The maximum Gasteiger partial charge on any atom is 0.0610 e. The second-order valence-electron chi connectivity index (χ2n) is 6.50. The molecule has 0 aromatic heterocycles. The molecule has 0 spiro atoms. The first-order valence-electron chi connectivity index (χ1n) is 8.32. The fraction of sp³-hybridized carbons (Fsp3) is 0.667. The van der Waals surface area contributed by atoms with Gasteiger partial charge in [0.15, 0.2) is 0 Å². The smallest absolute Gasteiger partial charge is 0.0610 e. The summed E-state index contributed by atoms with van der Waals surface area (Å²) in [7, 11) is 0. The lowest BCUT2D eigenvalue weighted by atomic mass is 9.95. The number of rotatable bonds is 8. The van der Waals surface area contributed by atoms with E-state index in [1.807, 2.05) is 0 Å².